The summed E-state index contributed by atoms with van der Waals surface area (Å²) in [5, 5.41) is 0. The fourth-order valence-electron chi connectivity index (χ4n) is 1.16. The lowest BCUT2D eigenvalue weighted by Gasteiger charge is -2.15. The molecule has 74 valence electrons. The van der Waals surface area contributed by atoms with Gasteiger partial charge in [-0.1, -0.05) is 40.5 Å². The first-order valence-electron chi connectivity index (χ1n) is 5.36. The Kier molecular flexibility index (Phi) is 13.0. The molecule has 2 unspecified atom stereocenters. The molecule has 0 aromatic rings. The molecule has 0 rings (SSSR count). The van der Waals surface area contributed by atoms with Crippen molar-refractivity contribution in [1.82, 2.24) is 0 Å². The van der Waals surface area contributed by atoms with Gasteiger partial charge in [-0.3, -0.25) is 0 Å². The molecule has 0 amide bonds. The van der Waals surface area contributed by atoms with Gasteiger partial charge >= 0.3 is 0 Å². The van der Waals surface area contributed by atoms with Crippen LogP contribution in [0.25, 0.3) is 0 Å². The fraction of sp³-hybridized carbons (Fsp3) is 0.833. The molecule has 0 aliphatic carbocycles. The van der Waals surface area contributed by atoms with Gasteiger partial charge in [0.1, 0.15) is 0 Å². The first-order chi connectivity index (χ1) is 5.70. The smallest absolute Gasteiger partial charge is 0.0930 e. The summed E-state index contributed by atoms with van der Waals surface area (Å²) < 4.78 is 0. The summed E-state index contributed by atoms with van der Waals surface area (Å²) in [7, 11) is 0. The first-order valence-corrected chi connectivity index (χ1v) is 5.36. The van der Waals surface area contributed by atoms with Crippen molar-refractivity contribution in [2.24, 2.45) is 11.8 Å². The van der Waals surface area contributed by atoms with Gasteiger partial charge in [-0.15, -0.1) is 0 Å². The third-order valence-electron chi connectivity index (χ3n) is 1.94. The number of hydrogen-bond donors (Lipinski definition) is 0. The SMILES string of the molecule is CC.[CH2+]C(CCC)CC([CH2-])CC. The van der Waals surface area contributed by atoms with Gasteiger partial charge in [0.2, 0.25) is 0 Å². The molecule has 0 N–H and O–H groups in total. The molecule has 12 heavy (non-hydrogen) atoms. The highest BCUT2D eigenvalue weighted by Gasteiger charge is 2.07. The maximum Gasteiger partial charge on any atom is 0.0930 e. The second kappa shape index (κ2) is 10.9. The van der Waals surface area contributed by atoms with Crippen molar-refractivity contribution in [3.05, 3.63) is 13.8 Å². The second-order valence-electron chi connectivity index (χ2n) is 3.16. The van der Waals surface area contributed by atoms with E-state index < -0.39 is 0 Å². The van der Waals surface area contributed by atoms with Gasteiger partial charge in [-0.05, 0) is 12.8 Å². The largest absolute Gasteiger partial charge is 0.340 e. The van der Waals surface area contributed by atoms with E-state index in [1.165, 1.54) is 25.7 Å². The maximum atomic E-state index is 4.08. The van der Waals surface area contributed by atoms with Gasteiger partial charge in [0, 0.05) is 0 Å². The third-order valence-corrected chi connectivity index (χ3v) is 1.94. The monoisotopic (exact) mass is 170 g/mol. The highest BCUT2D eigenvalue weighted by Crippen LogP contribution is 2.17. The molecule has 0 fully saturated rings. The van der Waals surface area contributed by atoms with Crippen LogP contribution in [0.1, 0.15) is 53.4 Å². The summed E-state index contributed by atoms with van der Waals surface area (Å²) in [6.07, 6.45) is 4.90. The molecule has 0 bridgehead atoms. The predicted molar refractivity (Wildman–Crippen MR) is 58.9 cm³/mol. The van der Waals surface area contributed by atoms with Gasteiger partial charge in [-0.25, -0.2) is 0 Å². The van der Waals surface area contributed by atoms with Crippen LogP contribution in [0.5, 0.6) is 0 Å². The van der Waals surface area contributed by atoms with Gasteiger partial charge in [0.05, 0.1) is 12.8 Å². The molecule has 0 saturated carbocycles. The molecule has 0 aliphatic heterocycles. The standard InChI is InChI=1S/C10H20.C2H6/c1-5-7-10(4)8-9(3)6-2;1-2/h9-10H,3-8H2,1-2H3;1-2H3. The van der Waals surface area contributed by atoms with E-state index in [-0.39, 0.29) is 0 Å². The zero-order chi connectivity index (χ0) is 9.98. The second-order valence-corrected chi connectivity index (χ2v) is 3.16. The van der Waals surface area contributed by atoms with Crippen molar-refractivity contribution in [2.75, 3.05) is 0 Å². The normalized spacial score (nSPS) is 14.4. The summed E-state index contributed by atoms with van der Waals surface area (Å²) in [5.41, 5.74) is 0. The Bertz CT molecular complexity index is 66.4. The summed E-state index contributed by atoms with van der Waals surface area (Å²) in [6.45, 7) is 16.5. The third kappa shape index (κ3) is 9.87. The van der Waals surface area contributed by atoms with Crippen LogP contribution in [-0.2, 0) is 0 Å². The minimum Gasteiger partial charge on any atom is -0.340 e. The fourth-order valence-corrected chi connectivity index (χ4v) is 1.16. The molecular formula is C12H26. The van der Waals surface area contributed by atoms with E-state index in [0.29, 0.717) is 11.8 Å². The summed E-state index contributed by atoms with van der Waals surface area (Å²) in [4.78, 5) is 0. The van der Waals surface area contributed by atoms with Crippen LogP contribution < -0.4 is 0 Å². The van der Waals surface area contributed by atoms with Crippen LogP contribution in [-0.4, -0.2) is 0 Å². The summed E-state index contributed by atoms with van der Waals surface area (Å²) in [5.74, 6) is 1.25. The van der Waals surface area contributed by atoms with E-state index in [4.69, 9.17) is 0 Å². The molecule has 0 spiro atoms. The van der Waals surface area contributed by atoms with E-state index in [0.717, 1.165) is 0 Å². The molecule has 2 atom stereocenters. The van der Waals surface area contributed by atoms with Gasteiger partial charge < -0.3 is 6.92 Å². The lowest BCUT2D eigenvalue weighted by Crippen LogP contribution is -2.01. The Labute approximate surface area is 79.8 Å². The highest BCUT2D eigenvalue weighted by molar-refractivity contribution is 4.67. The molecule has 0 saturated heterocycles. The Hall–Kier alpha value is -0.130. The quantitative estimate of drug-likeness (QED) is 0.532. The van der Waals surface area contributed by atoms with Gasteiger partial charge in [0.25, 0.3) is 0 Å². The topological polar surface area (TPSA) is 0 Å². The molecule has 0 nitrogen and oxygen atoms in total. The van der Waals surface area contributed by atoms with Crippen LogP contribution in [0.15, 0.2) is 0 Å². The molecule has 0 radical (unpaired) electrons. The molecular weight excluding hydrogens is 144 g/mol. The van der Waals surface area contributed by atoms with Crippen LogP contribution in [0.2, 0.25) is 0 Å². The van der Waals surface area contributed by atoms with Crippen molar-refractivity contribution < 1.29 is 0 Å². The van der Waals surface area contributed by atoms with E-state index in [9.17, 15) is 0 Å². The van der Waals surface area contributed by atoms with Crippen molar-refractivity contribution in [3.8, 4) is 0 Å². The lowest BCUT2D eigenvalue weighted by molar-refractivity contribution is 0.441. The van der Waals surface area contributed by atoms with Crippen LogP contribution in [0, 0.1) is 25.7 Å². The number of hydrogen-bond acceptors (Lipinski definition) is 0. The maximum absolute atomic E-state index is 4.08. The van der Waals surface area contributed by atoms with Crippen LogP contribution in [0.3, 0.4) is 0 Å². The lowest BCUT2D eigenvalue weighted by atomic mass is 9.92. The first kappa shape index (κ1) is 14.4. The Morgan fingerprint density at radius 1 is 1.25 bits per heavy atom. The molecule has 0 heterocycles. The Morgan fingerprint density at radius 3 is 2.08 bits per heavy atom. The Morgan fingerprint density at radius 2 is 1.75 bits per heavy atom. The van der Waals surface area contributed by atoms with Crippen molar-refractivity contribution in [3.63, 3.8) is 0 Å². The highest BCUT2D eigenvalue weighted by atomic mass is 14.1. The van der Waals surface area contributed by atoms with Gasteiger partial charge in [-0.2, -0.15) is 5.92 Å². The summed E-state index contributed by atoms with van der Waals surface area (Å²) in [6, 6.07) is 0. The van der Waals surface area contributed by atoms with Gasteiger partial charge in [0.15, 0.2) is 0 Å². The average molecular weight is 170 g/mol. The van der Waals surface area contributed by atoms with E-state index in [2.05, 4.69) is 27.7 Å². The molecule has 0 heteroatoms. The zero-order valence-electron chi connectivity index (χ0n) is 9.40. The number of rotatable bonds is 5. The minimum atomic E-state index is 0.619. The van der Waals surface area contributed by atoms with E-state index in [1.807, 2.05) is 13.8 Å². The average Bonchev–Trinajstić information content (AvgIpc) is 2.08. The molecule has 0 aliphatic rings. The molecule has 0 aromatic carbocycles. The summed E-state index contributed by atoms with van der Waals surface area (Å²) >= 11 is 0. The van der Waals surface area contributed by atoms with Crippen molar-refractivity contribution in [2.45, 2.75) is 53.4 Å². The van der Waals surface area contributed by atoms with Crippen LogP contribution in [0.4, 0.5) is 0 Å². The Balaban J connectivity index is 0. The zero-order valence-corrected chi connectivity index (χ0v) is 9.40. The predicted octanol–water partition coefficient (Wildman–Crippen LogP) is 4.51. The van der Waals surface area contributed by atoms with Crippen LogP contribution >= 0.6 is 0 Å². The minimum absolute atomic E-state index is 0.619. The van der Waals surface area contributed by atoms with Crippen molar-refractivity contribution in [1.29, 1.82) is 0 Å². The van der Waals surface area contributed by atoms with E-state index >= 15 is 0 Å². The molecule has 0 aromatic heterocycles. The van der Waals surface area contributed by atoms with E-state index in [1.54, 1.807) is 0 Å². The van der Waals surface area contributed by atoms with Crippen molar-refractivity contribution >= 4 is 0 Å².